The zero-order valence-electron chi connectivity index (χ0n) is 30.5. The zero-order valence-corrected chi connectivity index (χ0v) is 31.3. The molecule has 7 rings (SSSR count). The van der Waals surface area contributed by atoms with Crippen molar-refractivity contribution in [2.24, 2.45) is 5.92 Å². The molecule has 282 valence electrons. The number of aromatic nitrogens is 2. The van der Waals surface area contributed by atoms with Gasteiger partial charge in [0.25, 0.3) is 0 Å². The van der Waals surface area contributed by atoms with Gasteiger partial charge in [0.1, 0.15) is 41.3 Å². The van der Waals surface area contributed by atoms with E-state index in [0.29, 0.717) is 30.0 Å². The molecule has 0 unspecified atom stereocenters. The van der Waals surface area contributed by atoms with E-state index in [1.807, 2.05) is 67.7 Å². The van der Waals surface area contributed by atoms with Crippen molar-refractivity contribution in [3.63, 3.8) is 0 Å². The molecule has 3 aromatic rings. The number of carbonyl (C=O) groups excluding carboxylic acids is 3. The molecule has 14 heteroatoms. The van der Waals surface area contributed by atoms with Gasteiger partial charge in [0, 0.05) is 43.3 Å². The number of alkyl carbamates (subject to hydrolysis) is 1. The Labute approximate surface area is 313 Å². The van der Waals surface area contributed by atoms with Crippen LogP contribution in [0.1, 0.15) is 76.2 Å². The third-order valence-electron chi connectivity index (χ3n) is 10.8. The molecule has 5 atom stereocenters. The Morgan fingerprint density at radius 1 is 1.04 bits per heavy atom. The second-order valence-electron chi connectivity index (χ2n) is 15.1. The van der Waals surface area contributed by atoms with Crippen molar-refractivity contribution >= 4 is 51.2 Å². The fourth-order valence-electron chi connectivity index (χ4n) is 7.78. The highest BCUT2D eigenvalue weighted by Gasteiger charge is 2.61. The number of rotatable bonds is 7. The first-order valence-corrected chi connectivity index (χ1v) is 19.6. The molecule has 0 radical (unpaired) electrons. The molecule has 53 heavy (non-hydrogen) atoms. The van der Waals surface area contributed by atoms with E-state index < -0.39 is 47.6 Å². The van der Waals surface area contributed by atoms with Crippen molar-refractivity contribution in [3.8, 4) is 17.1 Å². The predicted molar refractivity (Wildman–Crippen MR) is 201 cm³/mol. The van der Waals surface area contributed by atoms with E-state index in [2.05, 4.69) is 10.6 Å². The van der Waals surface area contributed by atoms with Gasteiger partial charge in [-0.15, -0.1) is 11.3 Å². The number of amides is 3. The fourth-order valence-corrected chi connectivity index (χ4v) is 8.54. The summed E-state index contributed by atoms with van der Waals surface area (Å²) in [6.45, 7) is 2.05. The van der Waals surface area contributed by atoms with Crippen LogP contribution in [0.3, 0.4) is 0 Å². The zero-order chi connectivity index (χ0) is 37.3. The van der Waals surface area contributed by atoms with Gasteiger partial charge in [-0.05, 0) is 76.0 Å². The molecule has 0 bridgehead atoms. The van der Waals surface area contributed by atoms with Crippen LogP contribution < -0.4 is 20.3 Å². The number of nitrogens with zero attached hydrogens (tertiary/aromatic N) is 4. The molecule has 13 nitrogen and oxygen atoms in total. The number of aryl methyl sites for hydroxylation is 1. The Kier molecular flexibility index (Phi) is 10.6. The van der Waals surface area contributed by atoms with Gasteiger partial charge in [-0.2, -0.15) is 0 Å². The number of carbonyl (C=O) groups is 4. The lowest BCUT2D eigenvalue weighted by molar-refractivity contribution is -0.145. The minimum atomic E-state index is -1.43. The molecule has 1 aromatic carbocycles. The number of benzene rings is 1. The maximum atomic E-state index is 14.5. The molecular formula is C39H48N6O7S. The molecule has 4 heterocycles. The highest BCUT2D eigenvalue weighted by molar-refractivity contribution is 7.14. The molecule has 1 saturated heterocycles. The maximum absolute atomic E-state index is 14.5. The molecular weight excluding hydrogens is 697 g/mol. The first kappa shape index (κ1) is 36.6. The number of carboxylic acids is 1. The van der Waals surface area contributed by atoms with Gasteiger partial charge in [0.15, 0.2) is 5.13 Å². The summed E-state index contributed by atoms with van der Waals surface area (Å²) < 4.78 is 12.4. The number of aliphatic carboxylic acids is 1. The molecule has 4 aliphatic rings. The number of hydrogen-bond donors (Lipinski definition) is 3. The van der Waals surface area contributed by atoms with Crippen LogP contribution >= 0.6 is 11.3 Å². The molecule has 0 spiro atoms. The number of nitrogens with one attached hydrogen (secondary N) is 2. The quantitative estimate of drug-likeness (QED) is 0.260. The van der Waals surface area contributed by atoms with E-state index in [1.54, 1.807) is 0 Å². The van der Waals surface area contributed by atoms with E-state index in [9.17, 15) is 24.3 Å². The van der Waals surface area contributed by atoms with Crippen LogP contribution in [0.5, 0.6) is 5.75 Å². The van der Waals surface area contributed by atoms with Gasteiger partial charge < -0.3 is 35.0 Å². The van der Waals surface area contributed by atoms with Crippen LogP contribution in [0.4, 0.5) is 9.93 Å². The minimum Gasteiger partial charge on any atom is -0.488 e. The molecule has 2 aliphatic carbocycles. The molecule has 2 aromatic heterocycles. The second kappa shape index (κ2) is 15.3. The third kappa shape index (κ3) is 7.97. The van der Waals surface area contributed by atoms with Gasteiger partial charge in [0.05, 0.1) is 17.8 Å². The SMILES string of the molecule is Cc1ccc2c(O[C@@H]3C[C@H]4C(=O)N[C@]5(C(=O)O)C[C@H]5/C=C\CCCCC[C@H](NC(=O)OC5CCCC5)C(=O)N4C3)cc(-c3csc(N(C)C)n3)nc2c1. The molecule has 2 aliphatic heterocycles. The number of fused-ring (bicyclic) bond motifs is 3. The minimum absolute atomic E-state index is 0.0582. The van der Waals surface area contributed by atoms with Crippen molar-refractivity contribution < 1.29 is 33.8 Å². The van der Waals surface area contributed by atoms with Crippen molar-refractivity contribution in [2.75, 3.05) is 25.5 Å². The van der Waals surface area contributed by atoms with E-state index >= 15 is 0 Å². The van der Waals surface area contributed by atoms with Gasteiger partial charge in [-0.1, -0.05) is 31.1 Å². The summed E-state index contributed by atoms with van der Waals surface area (Å²) in [5.74, 6) is -1.88. The number of hydrogen-bond acceptors (Lipinski definition) is 10. The van der Waals surface area contributed by atoms with Gasteiger partial charge >= 0.3 is 12.1 Å². The largest absolute Gasteiger partial charge is 0.488 e. The molecule has 3 fully saturated rings. The van der Waals surface area contributed by atoms with Crippen molar-refractivity contribution in [2.45, 2.75) is 107 Å². The summed E-state index contributed by atoms with van der Waals surface area (Å²) in [5.41, 5.74) is 1.65. The first-order valence-electron chi connectivity index (χ1n) is 18.7. The lowest BCUT2D eigenvalue weighted by Gasteiger charge is -2.29. The van der Waals surface area contributed by atoms with Crippen LogP contribution in [-0.4, -0.2) is 94.3 Å². The first-order chi connectivity index (χ1) is 25.5. The second-order valence-corrected chi connectivity index (χ2v) is 15.9. The monoisotopic (exact) mass is 744 g/mol. The Morgan fingerprint density at radius 3 is 2.58 bits per heavy atom. The predicted octanol–water partition coefficient (Wildman–Crippen LogP) is 5.60. The normalized spacial score (nSPS) is 27.2. The van der Waals surface area contributed by atoms with Crippen molar-refractivity contribution in [3.05, 3.63) is 47.4 Å². The summed E-state index contributed by atoms with van der Waals surface area (Å²) in [6, 6.07) is 5.80. The average Bonchev–Trinajstić information content (AvgIpc) is 3.58. The number of pyridine rings is 1. The summed E-state index contributed by atoms with van der Waals surface area (Å²) in [6.07, 6.45) is 9.89. The number of allylic oxidation sites excluding steroid dienone is 1. The van der Waals surface area contributed by atoms with Crippen LogP contribution in [0.15, 0.2) is 41.8 Å². The third-order valence-corrected chi connectivity index (χ3v) is 11.9. The van der Waals surface area contributed by atoms with E-state index in [4.69, 9.17) is 19.4 Å². The highest BCUT2D eigenvalue weighted by Crippen LogP contribution is 2.45. The van der Waals surface area contributed by atoms with Crippen LogP contribution in [0, 0.1) is 12.8 Å². The van der Waals surface area contributed by atoms with E-state index in [1.165, 1.54) is 16.2 Å². The lowest BCUT2D eigenvalue weighted by Crippen LogP contribution is -2.56. The molecule has 3 amide bonds. The van der Waals surface area contributed by atoms with E-state index in [0.717, 1.165) is 66.5 Å². The summed E-state index contributed by atoms with van der Waals surface area (Å²) in [5, 5.41) is 19.5. The smallest absolute Gasteiger partial charge is 0.408 e. The molecule has 2 saturated carbocycles. The number of ether oxygens (including phenoxy) is 2. The maximum Gasteiger partial charge on any atom is 0.408 e. The van der Waals surface area contributed by atoms with E-state index in [-0.39, 0.29) is 31.4 Å². The number of anilines is 1. The number of thiazole rings is 1. The van der Waals surface area contributed by atoms with Crippen molar-refractivity contribution in [1.82, 2.24) is 25.5 Å². The standard InChI is InChI=1S/C39H48N6O7S/c1-23-15-16-27-29(17-23)40-30(31-22-53-37(41-31)44(2)3)19-33(27)51-26-18-32-34(46)43-39(36(48)49)20-24(39)11-7-5-4-6-8-14-28(35(47)45(32)21-26)42-38(50)52-25-12-9-10-13-25/h7,11,15-17,19,22,24-26,28,32H,4-6,8-10,12-14,18,20-21H2,1-3H3,(H,42,50)(H,43,46)(H,48,49)/b11-7-/t24-,26-,28+,32+,39-/m1/s1. The van der Waals surface area contributed by atoms with Gasteiger partial charge in [0.2, 0.25) is 11.8 Å². The molecule has 3 N–H and O–H groups in total. The Balaban J connectivity index is 1.20. The van der Waals surface area contributed by atoms with Crippen LogP contribution in [-0.2, 0) is 19.1 Å². The van der Waals surface area contributed by atoms with Crippen LogP contribution in [0.2, 0.25) is 0 Å². The van der Waals surface area contributed by atoms with Crippen molar-refractivity contribution in [1.29, 1.82) is 0 Å². The Morgan fingerprint density at radius 2 is 1.83 bits per heavy atom. The Bertz CT molecular complexity index is 1910. The van der Waals surface area contributed by atoms with Crippen LogP contribution in [0.25, 0.3) is 22.3 Å². The van der Waals surface area contributed by atoms with Gasteiger partial charge in [-0.3, -0.25) is 9.59 Å². The summed E-state index contributed by atoms with van der Waals surface area (Å²) in [7, 11) is 3.86. The average molecular weight is 745 g/mol. The number of carboxylic acid groups (broad SMARTS) is 1. The lowest BCUT2D eigenvalue weighted by atomic mass is 10.0. The topological polar surface area (TPSA) is 163 Å². The highest BCUT2D eigenvalue weighted by atomic mass is 32.1. The Hall–Kier alpha value is -4.72. The fraction of sp³-hybridized carbons (Fsp3) is 0.538. The summed E-state index contributed by atoms with van der Waals surface area (Å²) >= 11 is 1.51. The summed E-state index contributed by atoms with van der Waals surface area (Å²) in [4.78, 5) is 67.4. The van der Waals surface area contributed by atoms with Gasteiger partial charge in [-0.25, -0.2) is 19.6 Å².